The van der Waals surface area contributed by atoms with Crippen LogP contribution < -0.4 is 4.74 Å². The molecule has 0 unspecified atom stereocenters. The van der Waals surface area contributed by atoms with Crippen molar-refractivity contribution in [3.63, 3.8) is 0 Å². The molecule has 0 spiro atoms. The van der Waals surface area contributed by atoms with Gasteiger partial charge in [0.05, 0.1) is 13.2 Å². The minimum Gasteiger partial charge on any atom is -0.477 e. The molecule has 3 nitrogen and oxygen atoms in total. The molecule has 0 saturated carbocycles. The van der Waals surface area contributed by atoms with E-state index < -0.39 is 0 Å². The third-order valence-electron chi connectivity index (χ3n) is 2.11. The zero-order valence-corrected chi connectivity index (χ0v) is 9.66. The number of hydrogen-bond donors (Lipinski definition) is 1. The summed E-state index contributed by atoms with van der Waals surface area (Å²) in [6.45, 7) is 7.11. The van der Waals surface area contributed by atoms with E-state index in [2.05, 4.69) is 25.8 Å². The maximum absolute atomic E-state index is 9.06. The molecule has 1 aromatic rings. The molecule has 0 aliphatic carbocycles. The Balaban J connectivity index is 2.50. The Hall–Kier alpha value is -1.09. The molecule has 1 heterocycles. The first-order chi connectivity index (χ1) is 7.03. The summed E-state index contributed by atoms with van der Waals surface area (Å²) in [5.41, 5.74) is 1.00. The van der Waals surface area contributed by atoms with Gasteiger partial charge in [-0.25, -0.2) is 4.98 Å². The highest BCUT2D eigenvalue weighted by Crippen LogP contribution is 2.20. The Labute approximate surface area is 91.1 Å². The number of pyridine rings is 1. The first-order valence-electron chi connectivity index (χ1n) is 5.20. The molecule has 0 atom stereocenters. The van der Waals surface area contributed by atoms with E-state index in [4.69, 9.17) is 9.84 Å². The fraction of sp³-hybridized carbons (Fsp3) is 0.583. The van der Waals surface area contributed by atoms with E-state index in [1.807, 2.05) is 6.07 Å². The summed E-state index contributed by atoms with van der Waals surface area (Å²) in [6.07, 6.45) is 2.64. The van der Waals surface area contributed by atoms with Crippen LogP contribution in [-0.2, 0) is 6.61 Å². The summed E-state index contributed by atoms with van der Waals surface area (Å²) < 4.78 is 5.53. The minimum absolute atomic E-state index is 0.0291. The predicted molar refractivity (Wildman–Crippen MR) is 59.7 cm³/mol. The van der Waals surface area contributed by atoms with Crippen molar-refractivity contribution in [1.29, 1.82) is 0 Å². The standard InChI is InChI=1S/C12H19NO2/c1-12(2,3)6-8-15-11-10(9-14)5-4-7-13-11/h4-5,7,14H,6,8-9H2,1-3H3. The third-order valence-corrected chi connectivity index (χ3v) is 2.11. The zero-order valence-electron chi connectivity index (χ0n) is 9.66. The Bertz CT molecular complexity index is 305. The highest BCUT2D eigenvalue weighted by atomic mass is 16.5. The van der Waals surface area contributed by atoms with Crippen LogP contribution in [0.3, 0.4) is 0 Å². The molecule has 0 radical (unpaired) electrons. The molecule has 0 aliphatic heterocycles. The summed E-state index contributed by atoms with van der Waals surface area (Å²) in [7, 11) is 0. The number of rotatable bonds is 4. The molecule has 0 amide bonds. The monoisotopic (exact) mass is 209 g/mol. The Morgan fingerprint density at radius 3 is 2.73 bits per heavy atom. The number of ether oxygens (including phenoxy) is 1. The molecular weight excluding hydrogens is 190 g/mol. The van der Waals surface area contributed by atoms with Gasteiger partial charge >= 0.3 is 0 Å². The van der Waals surface area contributed by atoms with E-state index in [0.29, 0.717) is 12.5 Å². The molecule has 1 N–H and O–H groups in total. The van der Waals surface area contributed by atoms with E-state index in [0.717, 1.165) is 12.0 Å². The topological polar surface area (TPSA) is 42.4 Å². The lowest BCUT2D eigenvalue weighted by atomic mass is 9.93. The summed E-state index contributed by atoms with van der Waals surface area (Å²) >= 11 is 0. The lowest BCUT2D eigenvalue weighted by molar-refractivity contribution is 0.223. The Morgan fingerprint density at radius 1 is 1.40 bits per heavy atom. The largest absolute Gasteiger partial charge is 0.477 e. The summed E-state index contributed by atoms with van der Waals surface area (Å²) in [5.74, 6) is 0.546. The molecule has 0 aliphatic rings. The van der Waals surface area contributed by atoms with Gasteiger partial charge in [0.15, 0.2) is 0 Å². The molecule has 0 fully saturated rings. The fourth-order valence-electron chi connectivity index (χ4n) is 1.13. The molecule has 84 valence electrons. The number of nitrogens with zero attached hydrogens (tertiary/aromatic N) is 1. The number of aliphatic hydroxyl groups is 1. The predicted octanol–water partition coefficient (Wildman–Crippen LogP) is 2.39. The highest BCUT2D eigenvalue weighted by molar-refractivity contribution is 5.24. The zero-order chi connectivity index (χ0) is 11.3. The minimum atomic E-state index is -0.0291. The van der Waals surface area contributed by atoms with Crippen molar-refractivity contribution in [1.82, 2.24) is 4.98 Å². The van der Waals surface area contributed by atoms with E-state index >= 15 is 0 Å². The van der Waals surface area contributed by atoms with Crippen molar-refractivity contribution in [2.24, 2.45) is 5.41 Å². The fourth-order valence-corrected chi connectivity index (χ4v) is 1.13. The third kappa shape index (κ3) is 4.30. The lowest BCUT2D eigenvalue weighted by Crippen LogP contribution is -2.12. The Morgan fingerprint density at radius 2 is 2.13 bits per heavy atom. The quantitative estimate of drug-likeness (QED) is 0.828. The molecule has 1 rings (SSSR count). The second-order valence-electron chi connectivity index (χ2n) is 4.78. The van der Waals surface area contributed by atoms with Crippen molar-refractivity contribution in [2.75, 3.05) is 6.61 Å². The smallest absolute Gasteiger partial charge is 0.218 e. The second-order valence-corrected chi connectivity index (χ2v) is 4.78. The first kappa shape index (κ1) is 12.0. The maximum atomic E-state index is 9.06. The van der Waals surface area contributed by atoms with Gasteiger partial charge in [-0.05, 0) is 24.0 Å². The van der Waals surface area contributed by atoms with Crippen LogP contribution in [0.15, 0.2) is 18.3 Å². The summed E-state index contributed by atoms with van der Waals surface area (Å²) in [6, 6.07) is 3.61. The van der Waals surface area contributed by atoms with Crippen LogP contribution in [0.25, 0.3) is 0 Å². The number of aliphatic hydroxyl groups excluding tert-OH is 1. The van der Waals surface area contributed by atoms with Crippen molar-refractivity contribution >= 4 is 0 Å². The van der Waals surface area contributed by atoms with Crippen molar-refractivity contribution in [2.45, 2.75) is 33.8 Å². The van der Waals surface area contributed by atoms with Gasteiger partial charge in [0, 0.05) is 11.8 Å². The van der Waals surface area contributed by atoms with Gasteiger partial charge in [-0.15, -0.1) is 0 Å². The van der Waals surface area contributed by atoms with Gasteiger partial charge < -0.3 is 9.84 Å². The Kier molecular flexibility index (Phi) is 4.09. The molecule has 0 saturated heterocycles. The number of hydrogen-bond acceptors (Lipinski definition) is 3. The van der Waals surface area contributed by atoms with Gasteiger partial charge in [0.2, 0.25) is 5.88 Å². The van der Waals surface area contributed by atoms with Crippen LogP contribution in [0.1, 0.15) is 32.8 Å². The lowest BCUT2D eigenvalue weighted by Gasteiger charge is -2.18. The normalized spacial score (nSPS) is 11.5. The van der Waals surface area contributed by atoms with Crippen molar-refractivity contribution in [3.05, 3.63) is 23.9 Å². The van der Waals surface area contributed by atoms with Crippen molar-refractivity contribution in [3.8, 4) is 5.88 Å². The average Bonchev–Trinajstić information content (AvgIpc) is 2.16. The van der Waals surface area contributed by atoms with E-state index in [1.165, 1.54) is 0 Å². The van der Waals surface area contributed by atoms with E-state index in [-0.39, 0.29) is 12.0 Å². The van der Waals surface area contributed by atoms with E-state index in [1.54, 1.807) is 12.3 Å². The van der Waals surface area contributed by atoms with E-state index in [9.17, 15) is 0 Å². The second kappa shape index (κ2) is 5.12. The summed E-state index contributed by atoms with van der Waals surface area (Å²) in [5, 5.41) is 9.06. The number of aromatic nitrogens is 1. The van der Waals surface area contributed by atoms with Gasteiger partial charge in [-0.1, -0.05) is 20.8 Å². The van der Waals surface area contributed by atoms with Gasteiger partial charge in [0.1, 0.15) is 0 Å². The van der Waals surface area contributed by atoms with Crippen LogP contribution in [0, 0.1) is 5.41 Å². The average molecular weight is 209 g/mol. The molecule has 0 bridgehead atoms. The first-order valence-corrected chi connectivity index (χ1v) is 5.20. The van der Waals surface area contributed by atoms with Crippen LogP contribution in [0.5, 0.6) is 5.88 Å². The molecule has 1 aromatic heterocycles. The SMILES string of the molecule is CC(C)(C)CCOc1ncccc1CO. The van der Waals surface area contributed by atoms with Crippen LogP contribution in [0.2, 0.25) is 0 Å². The van der Waals surface area contributed by atoms with Gasteiger partial charge in [0.25, 0.3) is 0 Å². The maximum Gasteiger partial charge on any atom is 0.218 e. The molecular formula is C12H19NO2. The van der Waals surface area contributed by atoms with Crippen LogP contribution >= 0.6 is 0 Å². The molecule has 15 heavy (non-hydrogen) atoms. The molecule has 0 aromatic carbocycles. The van der Waals surface area contributed by atoms with Crippen molar-refractivity contribution < 1.29 is 9.84 Å². The molecule has 3 heteroatoms. The van der Waals surface area contributed by atoms with Gasteiger partial charge in [-0.2, -0.15) is 0 Å². The van der Waals surface area contributed by atoms with Crippen LogP contribution in [0.4, 0.5) is 0 Å². The van der Waals surface area contributed by atoms with Gasteiger partial charge in [-0.3, -0.25) is 0 Å². The highest BCUT2D eigenvalue weighted by Gasteiger charge is 2.11. The van der Waals surface area contributed by atoms with Crippen LogP contribution in [-0.4, -0.2) is 16.7 Å². The summed E-state index contributed by atoms with van der Waals surface area (Å²) in [4.78, 5) is 4.09.